The fourth-order valence-corrected chi connectivity index (χ4v) is 1.45. The number of nitrogen functional groups attached to an aromatic ring is 1. The second kappa shape index (κ2) is 4.84. The van der Waals surface area contributed by atoms with E-state index in [1.54, 1.807) is 6.92 Å². The molecule has 0 aliphatic heterocycles. The second-order valence-electron chi connectivity index (χ2n) is 3.68. The normalized spacial score (nSPS) is 10.2. The van der Waals surface area contributed by atoms with Crippen molar-refractivity contribution in [2.45, 2.75) is 6.92 Å². The lowest BCUT2D eigenvalue weighted by Crippen LogP contribution is -2.03. The van der Waals surface area contributed by atoms with Crippen molar-refractivity contribution >= 4 is 11.5 Å². The number of ether oxygens (including phenoxy) is 1. The maximum Gasteiger partial charge on any atom is 0.372 e. The van der Waals surface area contributed by atoms with Gasteiger partial charge in [0.15, 0.2) is 0 Å². The average Bonchev–Trinajstić information content (AvgIpc) is 2.32. The van der Waals surface area contributed by atoms with Gasteiger partial charge in [-0.1, -0.05) is 0 Å². The highest BCUT2D eigenvalue weighted by molar-refractivity contribution is 5.59. The highest BCUT2D eigenvalue weighted by atomic mass is 19.1. The molecule has 0 aliphatic carbocycles. The highest BCUT2D eigenvalue weighted by Crippen LogP contribution is 2.33. The third-order valence-corrected chi connectivity index (χ3v) is 2.34. The first kappa shape index (κ1) is 12.7. The molecular formula is C11H9FN4O3. The van der Waals surface area contributed by atoms with Crippen LogP contribution in [0.5, 0.6) is 11.6 Å². The van der Waals surface area contributed by atoms with Crippen LogP contribution in [0.2, 0.25) is 0 Å². The van der Waals surface area contributed by atoms with Gasteiger partial charge < -0.3 is 10.5 Å². The molecule has 1 aromatic carbocycles. The molecule has 1 heterocycles. The summed E-state index contributed by atoms with van der Waals surface area (Å²) in [5, 5.41) is 10.9. The fraction of sp³-hybridized carbons (Fsp3) is 0.0909. The average molecular weight is 264 g/mol. The molecule has 0 amide bonds. The van der Waals surface area contributed by atoms with Crippen molar-refractivity contribution in [2.75, 3.05) is 5.73 Å². The van der Waals surface area contributed by atoms with Gasteiger partial charge in [0.05, 0.1) is 4.92 Å². The minimum atomic E-state index is -0.733. The molecule has 19 heavy (non-hydrogen) atoms. The quantitative estimate of drug-likeness (QED) is 0.673. The summed E-state index contributed by atoms with van der Waals surface area (Å²) in [6.07, 6.45) is 1.05. The summed E-state index contributed by atoms with van der Waals surface area (Å²) < 4.78 is 18.2. The zero-order valence-corrected chi connectivity index (χ0v) is 9.83. The Hall–Kier alpha value is -2.77. The first-order valence-corrected chi connectivity index (χ1v) is 5.18. The summed E-state index contributed by atoms with van der Waals surface area (Å²) in [6.45, 7) is 1.61. The Morgan fingerprint density at radius 2 is 2.16 bits per heavy atom. The van der Waals surface area contributed by atoms with Crippen LogP contribution in [0.1, 0.15) is 5.56 Å². The summed E-state index contributed by atoms with van der Waals surface area (Å²) in [5.74, 6) is -0.758. The molecular weight excluding hydrogens is 255 g/mol. The zero-order valence-electron chi connectivity index (χ0n) is 9.83. The van der Waals surface area contributed by atoms with Gasteiger partial charge in [-0.3, -0.25) is 10.1 Å². The van der Waals surface area contributed by atoms with Crippen molar-refractivity contribution in [2.24, 2.45) is 0 Å². The number of anilines is 1. The topological polar surface area (TPSA) is 104 Å². The Kier molecular flexibility index (Phi) is 3.23. The van der Waals surface area contributed by atoms with Gasteiger partial charge in [0.25, 0.3) is 0 Å². The van der Waals surface area contributed by atoms with Gasteiger partial charge >= 0.3 is 11.6 Å². The second-order valence-corrected chi connectivity index (χ2v) is 3.68. The van der Waals surface area contributed by atoms with Crippen LogP contribution < -0.4 is 10.5 Å². The summed E-state index contributed by atoms with van der Waals surface area (Å²) in [7, 11) is 0. The summed E-state index contributed by atoms with van der Waals surface area (Å²) in [6, 6.07) is 3.77. The molecule has 2 N–H and O–H groups in total. The number of aromatic nitrogens is 2. The van der Waals surface area contributed by atoms with E-state index in [0.717, 1.165) is 6.33 Å². The van der Waals surface area contributed by atoms with Gasteiger partial charge in [-0.25, -0.2) is 9.37 Å². The lowest BCUT2D eigenvalue weighted by Gasteiger charge is -2.08. The highest BCUT2D eigenvalue weighted by Gasteiger charge is 2.23. The molecule has 0 spiro atoms. The monoisotopic (exact) mass is 264 g/mol. The maximum absolute atomic E-state index is 12.9. The summed E-state index contributed by atoms with van der Waals surface area (Å²) in [5.41, 5.74) is 5.36. The molecule has 98 valence electrons. The number of nitro groups is 1. The third-order valence-electron chi connectivity index (χ3n) is 2.34. The Labute approximate surface area is 107 Å². The van der Waals surface area contributed by atoms with Crippen molar-refractivity contribution in [3.8, 4) is 11.6 Å². The number of rotatable bonds is 3. The van der Waals surface area contributed by atoms with Gasteiger partial charge in [-0.15, -0.1) is 0 Å². The SMILES string of the molecule is Cc1cc(F)ccc1Oc1ncnc(N)c1[N+](=O)[O-]. The summed E-state index contributed by atoms with van der Waals surface area (Å²) in [4.78, 5) is 17.3. The number of hydrogen-bond donors (Lipinski definition) is 1. The molecule has 2 aromatic rings. The van der Waals surface area contributed by atoms with E-state index in [2.05, 4.69) is 9.97 Å². The molecule has 8 heteroatoms. The van der Waals surface area contributed by atoms with Crippen molar-refractivity contribution in [3.05, 3.63) is 46.0 Å². The van der Waals surface area contributed by atoms with E-state index in [4.69, 9.17) is 10.5 Å². The van der Waals surface area contributed by atoms with E-state index >= 15 is 0 Å². The zero-order chi connectivity index (χ0) is 14.0. The van der Waals surface area contributed by atoms with E-state index in [1.807, 2.05) is 0 Å². The van der Waals surface area contributed by atoms with Gasteiger partial charge in [-0.05, 0) is 30.7 Å². The first-order chi connectivity index (χ1) is 8.99. The first-order valence-electron chi connectivity index (χ1n) is 5.18. The third kappa shape index (κ3) is 2.57. The Morgan fingerprint density at radius 3 is 2.79 bits per heavy atom. The van der Waals surface area contributed by atoms with Crippen LogP contribution in [0.25, 0.3) is 0 Å². The Balaban J connectivity index is 2.44. The van der Waals surface area contributed by atoms with Crippen molar-refractivity contribution in [1.82, 2.24) is 9.97 Å². The van der Waals surface area contributed by atoms with Gasteiger partial charge in [0.2, 0.25) is 5.82 Å². The molecule has 0 saturated carbocycles. The van der Waals surface area contributed by atoms with Crippen LogP contribution in [-0.4, -0.2) is 14.9 Å². The van der Waals surface area contributed by atoms with Crippen molar-refractivity contribution in [1.29, 1.82) is 0 Å². The molecule has 0 bridgehead atoms. The lowest BCUT2D eigenvalue weighted by molar-refractivity contribution is -0.385. The standard InChI is InChI=1S/C11H9FN4O3/c1-6-4-7(12)2-3-8(6)19-11-9(16(17)18)10(13)14-5-15-11/h2-5H,1H3,(H2,13,14,15). The van der Waals surface area contributed by atoms with Crippen LogP contribution in [0.15, 0.2) is 24.5 Å². The number of benzene rings is 1. The molecule has 0 unspecified atom stereocenters. The van der Waals surface area contributed by atoms with Crippen LogP contribution in [0, 0.1) is 22.9 Å². The van der Waals surface area contributed by atoms with E-state index < -0.39 is 16.4 Å². The van der Waals surface area contributed by atoms with Gasteiger partial charge in [0.1, 0.15) is 17.9 Å². The molecule has 7 nitrogen and oxygen atoms in total. The van der Waals surface area contributed by atoms with E-state index in [1.165, 1.54) is 18.2 Å². The Morgan fingerprint density at radius 1 is 1.42 bits per heavy atom. The molecule has 0 saturated heterocycles. The van der Waals surface area contributed by atoms with Crippen LogP contribution >= 0.6 is 0 Å². The van der Waals surface area contributed by atoms with E-state index in [0.29, 0.717) is 5.56 Å². The fourth-order valence-electron chi connectivity index (χ4n) is 1.45. The van der Waals surface area contributed by atoms with Crippen LogP contribution in [-0.2, 0) is 0 Å². The predicted molar refractivity (Wildman–Crippen MR) is 64.3 cm³/mol. The van der Waals surface area contributed by atoms with Crippen LogP contribution in [0.3, 0.4) is 0 Å². The van der Waals surface area contributed by atoms with E-state index in [9.17, 15) is 14.5 Å². The molecule has 1 aromatic heterocycles. The minimum Gasteiger partial charge on any atom is -0.433 e. The molecule has 0 fully saturated rings. The van der Waals surface area contributed by atoms with Crippen molar-refractivity contribution < 1.29 is 14.1 Å². The summed E-state index contributed by atoms with van der Waals surface area (Å²) >= 11 is 0. The Bertz CT molecular complexity index is 648. The van der Waals surface area contributed by atoms with Crippen molar-refractivity contribution in [3.63, 3.8) is 0 Å². The molecule has 0 aliphatic rings. The minimum absolute atomic E-state index is 0.252. The maximum atomic E-state index is 12.9. The number of aryl methyl sites for hydroxylation is 1. The largest absolute Gasteiger partial charge is 0.433 e. The van der Waals surface area contributed by atoms with Crippen LogP contribution in [0.4, 0.5) is 15.9 Å². The number of nitrogens with zero attached hydrogens (tertiary/aromatic N) is 3. The smallest absolute Gasteiger partial charge is 0.372 e. The molecule has 0 radical (unpaired) electrons. The number of nitrogens with two attached hydrogens (primary N) is 1. The lowest BCUT2D eigenvalue weighted by atomic mass is 10.2. The van der Waals surface area contributed by atoms with Gasteiger partial charge in [-0.2, -0.15) is 4.98 Å². The van der Waals surface area contributed by atoms with E-state index in [-0.39, 0.29) is 17.4 Å². The predicted octanol–water partition coefficient (Wildman–Crippen LogP) is 2.21. The molecule has 0 atom stereocenters. The van der Waals surface area contributed by atoms with Gasteiger partial charge in [0, 0.05) is 0 Å². The number of hydrogen-bond acceptors (Lipinski definition) is 6. The molecule has 2 rings (SSSR count). The number of halogens is 1.